The summed E-state index contributed by atoms with van der Waals surface area (Å²) in [7, 11) is -2.36. The number of unbranched alkanes of at least 4 members (excludes halogenated alkanes) is 15. The Bertz CT molecular complexity index is 725. The molecule has 0 saturated carbocycles. The first-order chi connectivity index (χ1) is 17.5. The molecule has 0 N–H and O–H groups in total. The van der Waals surface area contributed by atoms with Crippen LogP contribution in [0.4, 0.5) is 0 Å². The number of hydrogen-bond acceptors (Lipinski definition) is 1. The molecule has 0 atom stereocenters. The topological polar surface area (TPSA) is 9.23 Å². The Labute approximate surface area is 225 Å². The quantitative estimate of drug-likeness (QED) is 0.128. The van der Waals surface area contributed by atoms with Crippen molar-refractivity contribution in [3.05, 3.63) is 60.7 Å². The van der Waals surface area contributed by atoms with Gasteiger partial charge in [-0.05, 0) is 21.8 Å². The maximum Gasteiger partial charge on any atom is 0.261 e. The summed E-state index contributed by atoms with van der Waals surface area (Å²) in [6.45, 7) is 10.3. The van der Waals surface area contributed by atoms with E-state index < -0.39 is 8.32 Å². The van der Waals surface area contributed by atoms with E-state index in [1.807, 2.05) is 0 Å². The summed E-state index contributed by atoms with van der Waals surface area (Å²) in [5.74, 6) is 0. The van der Waals surface area contributed by atoms with Crippen LogP contribution in [0.15, 0.2) is 60.7 Å². The number of hydrogen-bond donors (Lipinski definition) is 0. The minimum Gasteiger partial charge on any atom is -0.407 e. The molecule has 1 nitrogen and oxygen atoms in total. The van der Waals surface area contributed by atoms with Crippen molar-refractivity contribution in [3.63, 3.8) is 0 Å². The largest absolute Gasteiger partial charge is 0.407 e. The minimum absolute atomic E-state index is 0.0742. The molecule has 0 spiro atoms. The standard InChI is InChI=1S/C34H56OSi/c1-5-6-7-8-9-10-11-12-13-14-15-16-17-18-19-26-31-35-36(34(2,3)4,32-27-22-20-23-28-32)33-29-24-21-25-30-33/h20-25,27-30H,5-19,26,31H2,1-4H3. The minimum atomic E-state index is -2.36. The normalized spacial score (nSPS) is 12.2. The van der Waals surface area contributed by atoms with E-state index in [9.17, 15) is 0 Å². The van der Waals surface area contributed by atoms with Gasteiger partial charge in [-0.25, -0.2) is 0 Å². The molecule has 0 fully saturated rings. The average molecular weight is 509 g/mol. The molecule has 0 aliphatic heterocycles. The van der Waals surface area contributed by atoms with Crippen molar-refractivity contribution in [2.75, 3.05) is 6.61 Å². The first-order valence-corrected chi connectivity index (χ1v) is 17.2. The van der Waals surface area contributed by atoms with Crippen LogP contribution in [0.25, 0.3) is 0 Å². The Morgan fingerprint density at radius 2 is 0.833 bits per heavy atom. The molecular formula is C34H56OSi. The Kier molecular flexibility index (Phi) is 15.4. The first kappa shape index (κ1) is 30.8. The lowest BCUT2D eigenvalue weighted by Crippen LogP contribution is -2.66. The molecule has 0 aliphatic carbocycles. The molecule has 0 unspecified atom stereocenters. The summed E-state index contributed by atoms with van der Waals surface area (Å²) in [6.07, 6.45) is 22.4. The van der Waals surface area contributed by atoms with Gasteiger partial charge in [0.05, 0.1) is 0 Å². The second-order valence-corrected chi connectivity index (χ2v) is 16.1. The van der Waals surface area contributed by atoms with E-state index in [1.54, 1.807) is 0 Å². The SMILES string of the molecule is CCCCCCCCCCCCCCCCCCO[Si](c1ccccc1)(c1ccccc1)C(C)(C)C. The van der Waals surface area contributed by atoms with Crippen LogP contribution >= 0.6 is 0 Å². The van der Waals surface area contributed by atoms with Gasteiger partial charge in [-0.3, -0.25) is 0 Å². The molecule has 202 valence electrons. The highest BCUT2D eigenvalue weighted by molar-refractivity contribution is 6.99. The van der Waals surface area contributed by atoms with Crippen LogP contribution in [0.3, 0.4) is 0 Å². The number of rotatable bonds is 20. The van der Waals surface area contributed by atoms with Gasteiger partial charge >= 0.3 is 0 Å². The molecule has 2 aromatic rings. The Morgan fingerprint density at radius 1 is 0.500 bits per heavy atom. The molecule has 2 aromatic carbocycles. The Morgan fingerprint density at radius 3 is 1.17 bits per heavy atom. The number of benzene rings is 2. The van der Waals surface area contributed by atoms with Crippen LogP contribution in [0.1, 0.15) is 130 Å². The van der Waals surface area contributed by atoms with E-state index >= 15 is 0 Å². The van der Waals surface area contributed by atoms with E-state index in [0.29, 0.717) is 0 Å². The molecule has 0 amide bonds. The third-order valence-corrected chi connectivity index (χ3v) is 12.8. The van der Waals surface area contributed by atoms with E-state index in [4.69, 9.17) is 4.43 Å². The molecule has 36 heavy (non-hydrogen) atoms. The monoisotopic (exact) mass is 508 g/mol. The zero-order valence-corrected chi connectivity index (χ0v) is 25.2. The summed E-state index contributed by atoms with van der Waals surface area (Å²) < 4.78 is 7.02. The molecule has 0 heterocycles. The molecule has 0 saturated heterocycles. The summed E-state index contributed by atoms with van der Waals surface area (Å²) in [5.41, 5.74) is 0. The van der Waals surface area contributed by atoms with Gasteiger partial charge in [0, 0.05) is 6.61 Å². The van der Waals surface area contributed by atoms with Crippen molar-refractivity contribution in [1.29, 1.82) is 0 Å². The zero-order chi connectivity index (χ0) is 26.0. The maximum atomic E-state index is 7.02. The van der Waals surface area contributed by atoms with Crippen molar-refractivity contribution in [3.8, 4) is 0 Å². The van der Waals surface area contributed by atoms with Crippen LogP contribution in [0.2, 0.25) is 5.04 Å². The van der Waals surface area contributed by atoms with Gasteiger partial charge in [0.2, 0.25) is 0 Å². The van der Waals surface area contributed by atoms with Crippen LogP contribution in [-0.4, -0.2) is 14.9 Å². The van der Waals surface area contributed by atoms with Gasteiger partial charge in [-0.1, -0.05) is 185 Å². The van der Waals surface area contributed by atoms with Gasteiger partial charge in [-0.2, -0.15) is 0 Å². The highest BCUT2D eigenvalue weighted by atomic mass is 28.4. The van der Waals surface area contributed by atoms with Crippen LogP contribution in [0, 0.1) is 0 Å². The van der Waals surface area contributed by atoms with Crippen molar-refractivity contribution < 1.29 is 4.43 Å². The van der Waals surface area contributed by atoms with Crippen molar-refractivity contribution in [1.82, 2.24) is 0 Å². The van der Waals surface area contributed by atoms with Gasteiger partial charge in [0.25, 0.3) is 8.32 Å². The molecule has 2 rings (SSSR count). The van der Waals surface area contributed by atoms with E-state index in [2.05, 4.69) is 88.4 Å². The molecular weight excluding hydrogens is 452 g/mol. The smallest absolute Gasteiger partial charge is 0.261 e. The molecule has 0 radical (unpaired) electrons. The fourth-order valence-electron chi connectivity index (χ4n) is 5.64. The highest BCUT2D eigenvalue weighted by Gasteiger charge is 2.49. The van der Waals surface area contributed by atoms with Gasteiger partial charge in [-0.15, -0.1) is 0 Å². The predicted molar refractivity (Wildman–Crippen MR) is 163 cm³/mol. The lowest BCUT2D eigenvalue weighted by Gasteiger charge is -2.43. The van der Waals surface area contributed by atoms with Crippen molar-refractivity contribution in [2.45, 2.75) is 135 Å². The lowest BCUT2D eigenvalue weighted by molar-refractivity contribution is 0.286. The van der Waals surface area contributed by atoms with Crippen LogP contribution in [0.5, 0.6) is 0 Å². The lowest BCUT2D eigenvalue weighted by atomic mass is 10.0. The van der Waals surface area contributed by atoms with Crippen LogP contribution in [-0.2, 0) is 4.43 Å². The van der Waals surface area contributed by atoms with Gasteiger partial charge < -0.3 is 4.43 Å². The summed E-state index contributed by atoms with van der Waals surface area (Å²) >= 11 is 0. The Hall–Kier alpha value is -1.38. The van der Waals surface area contributed by atoms with Gasteiger partial charge in [0.15, 0.2) is 0 Å². The second kappa shape index (κ2) is 18.0. The maximum absolute atomic E-state index is 7.02. The molecule has 0 aromatic heterocycles. The molecule has 2 heteroatoms. The molecule has 0 bridgehead atoms. The third kappa shape index (κ3) is 10.5. The highest BCUT2D eigenvalue weighted by Crippen LogP contribution is 2.36. The zero-order valence-electron chi connectivity index (χ0n) is 24.2. The third-order valence-electron chi connectivity index (χ3n) is 7.73. The van der Waals surface area contributed by atoms with Crippen molar-refractivity contribution >= 4 is 18.7 Å². The summed E-state index contributed by atoms with van der Waals surface area (Å²) in [5, 5.41) is 2.85. The molecule has 0 aliphatic rings. The predicted octanol–water partition coefficient (Wildman–Crippen LogP) is 9.82. The fourth-order valence-corrected chi connectivity index (χ4v) is 10.2. The second-order valence-electron chi connectivity index (χ2n) is 11.8. The summed E-state index contributed by atoms with van der Waals surface area (Å²) in [4.78, 5) is 0. The summed E-state index contributed by atoms with van der Waals surface area (Å²) in [6, 6.07) is 22.1. The van der Waals surface area contributed by atoms with E-state index in [-0.39, 0.29) is 5.04 Å². The van der Waals surface area contributed by atoms with Crippen LogP contribution < -0.4 is 10.4 Å². The average Bonchev–Trinajstić information content (AvgIpc) is 2.88. The van der Waals surface area contributed by atoms with E-state index in [1.165, 1.54) is 113 Å². The Balaban J connectivity index is 1.65. The first-order valence-electron chi connectivity index (χ1n) is 15.3. The fraction of sp³-hybridized carbons (Fsp3) is 0.647. The van der Waals surface area contributed by atoms with Crippen molar-refractivity contribution in [2.24, 2.45) is 0 Å². The van der Waals surface area contributed by atoms with Gasteiger partial charge in [0.1, 0.15) is 0 Å². The van der Waals surface area contributed by atoms with E-state index in [0.717, 1.165) is 6.61 Å².